The molecule has 0 saturated heterocycles. The van der Waals surface area contributed by atoms with Crippen molar-refractivity contribution in [2.24, 2.45) is 0 Å². The zero-order valence-corrected chi connectivity index (χ0v) is 7.99. The average molecular weight is 191 g/mol. The molecule has 2 heteroatoms. The molecule has 1 aliphatic heterocycles. The van der Waals surface area contributed by atoms with Gasteiger partial charge in [0.1, 0.15) is 0 Å². The minimum Gasteiger partial charge on any atom is -0.0641 e. The van der Waals surface area contributed by atoms with Crippen molar-refractivity contribution in [3.63, 3.8) is 0 Å². The van der Waals surface area contributed by atoms with Crippen molar-refractivity contribution in [1.29, 1.82) is 0 Å². The summed E-state index contributed by atoms with van der Waals surface area (Å²) in [5.41, 5.74) is 2.34. The summed E-state index contributed by atoms with van der Waals surface area (Å²) in [6.07, 6.45) is 2.05. The van der Waals surface area contributed by atoms with Crippen LogP contribution in [0.3, 0.4) is 0 Å². The molecule has 0 bridgehead atoms. The molecule has 1 radical (unpaired) electrons. The van der Waals surface area contributed by atoms with Gasteiger partial charge in [0.15, 0.2) is 0 Å². The van der Waals surface area contributed by atoms with Crippen LogP contribution >= 0.6 is 0 Å². The lowest BCUT2D eigenvalue weighted by molar-refractivity contribution is 1.63. The molecular weight excluding hydrogens is 184 g/mol. The molecule has 1 atom stereocenters. The molecule has 12 heavy (non-hydrogen) atoms. The van der Waals surface area contributed by atoms with Crippen LogP contribution in [0.15, 0.2) is 41.8 Å². The molecule has 0 aliphatic carbocycles. The smallest absolute Gasteiger partial charge is 0.0386 e. The van der Waals surface area contributed by atoms with Gasteiger partial charge in [-0.1, -0.05) is 39.8 Å². The minimum atomic E-state index is -0.188. The maximum Gasteiger partial charge on any atom is 0.0386 e. The Morgan fingerprint density at radius 2 is 1.92 bits per heavy atom. The van der Waals surface area contributed by atoms with E-state index in [0.29, 0.717) is 0 Å². The quantitative estimate of drug-likeness (QED) is 0.657. The van der Waals surface area contributed by atoms with E-state index in [9.17, 15) is 0 Å². The molecule has 0 spiro atoms. The van der Waals surface area contributed by atoms with Crippen molar-refractivity contribution in [2.45, 2.75) is 0 Å². The van der Waals surface area contributed by atoms with Gasteiger partial charge in [-0.15, -0.1) is 0 Å². The molecule has 1 aromatic rings. The highest BCUT2D eigenvalue weighted by molar-refractivity contribution is 8.31. The van der Waals surface area contributed by atoms with Gasteiger partial charge in [0, 0.05) is 5.41 Å². The second-order valence-electron chi connectivity index (χ2n) is 2.48. The van der Waals surface area contributed by atoms with Gasteiger partial charge in [0.2, 0.25) is 0 Å². The zero-order chi connectivity index (χ0) is 8.39. The Morgan fingerprint density at radius 1 is 1.17 bits per heavy atom. The third-order valence-electron chi connectivity index (χ3n) is 1.65. The first-order valence-corrected chi connectivity index (χ1v) is 5.85. The summed E-state index contributed by atoms with van der Waals surface area (Å²) in [5.74, 6) is 0. The molecule has 2 rings (SSSR count). The Balaban J connectivity index is 2.40. The molecule has 0 N–H and O–H groups in total. The van der Waals surface area contributed by atoms with E-state index < -0.39 is 0 Å². The summed E-state index contributed by atoms with van der Waals surface area (Å²) in [4.78, 5) is 0. The molecule has 0 aromatic heterocycles. The highest BCUT2D eigenvalue weighted by Gasteiger charge is 2.02. The first-order chi connectivity index (χ1) is 5.86. The molecule has 0 nitrogen and oxygen atoms in total. The maximum absolute atomic E-state index is 5.09. The SMILES string of the molecule is S=S1[C]=C(c2ccccc2)C=C1. The van der Waals surface area contributed by atoms with E-state index in [-0.39, 0.29) is 9.45 Å². The monoisotopic (exact) mass is 191 g/mol. The Kier molecular flexibility index (Phi) is 2.19. The number of allylic oxidation sites excluding steroid dienone is 2. The number of benzene rings is 1. The summed E-state index contributed by atoms with van der Waals surface area (Å²) in [6, 6.07) is 10.2. The number of hydrogen-bond donors (Lipinski definition) is 0. The third kappa shape index (κ3) is 1.54. The Bertz CT molecular complexity index is 361. The second kappa shape index (κ2) is 3.33. The van der Waals surface area contributed by atoms with E-state index in [4.69, 9.17) is 11.2 Å². The fourth-order valence-electron chi connectivity index (χ4n) is 1.08. The van der Waals surface area contributed by atoms with Crippen molar-refractivity contribution in [1.82, 2.24) is 0 Å². The van der Waals surface area contributed by atoms with E-state index in [2.05, 4.69) is 17.5 Å². The van der Waals surface area contributed by atoms with E-state index >= 15 is 0 Å². The summed E-state index contributed by atoms with van der Waals surface area (Å²) in [7, 11) is -0.188. The van der Waals surface area contributed by atoms with Gasteiger partial charge in [-0.25, -0.2) is 0 Å². The molecule has 0 fully saturated rings. The van der Waals surface area contributed by atoms with Crippen LogP contribution in [-0.2, 0) is 20.6 Å². The van der Waals surface area contributed by atoms with Crippen molar-refractivity contribution in [3.05, 3.63) is 52.8 Å². The van der Waals surface area contributed by atoms with Crippen LogP contribution in [0.5, 0.6) is 0 Å². The zero-order valence-electron chi connectivity index (χ0n) is 6.36. The molecule has 59 valence electrons. The Hall–Kier alpha value is -0.730. The standard InChI is InChI=1S/C10H7S2/c11-12-7-6-10(8-12)9-4-2-1-3-5-9/h1-7H. The lowest BCUT2D eigenvalue weighted by Gasteiger charge is -1.95. The van der Waals surface area contributed by atoms with Gasteiger partial charge in [0.25, 0.3) is 0 Å². The number of rotatable bonds is 1. The van der Waals surface area contributed by atoms with Crippen LogP contribution in [0.25, 0.3) is 5.57 Å². The van der Waals surface area contributed by atoms with Gasteiger partial charge >= 0.3 is 0 Å². The fraction of sp³-hybridized carbons (Fsp3) is 0. The van der Waals surface area contributed by atoms with E-state index in [1.807, 2.05) is 29.7 Å². The van der Waals surface area contributed by atoms with Crippen LogP contribution < -0.4 is 0 Å². The summed E-state index contributed by atoms with van der Waals surface area (Å²) in [5, 5.41) is 5.23. The van der Waals surface area contributed by atoms with Crippen LogP contribution in [-0.4, -0.2) is 0 Å². The Morgan fingerprint density at radius 3 is 2.50 bits per heavy atom. The normalized spacial score (nSPS) is 21.0. The highest BCUT2D eigenvalue weighted by atomic mass is 32.8. The largest absolute Gasteiger partial charge is 0.0641 e. The molecular formula is C10H7S2. The fourth-order valence-corrected chi connectivity index (χ4v) is 2.25. The third-order valence-corrected chi connectivity index (χ3v) is 3.04. The first-order valence-electron chi connectivity index (χ1n) is 3.64. The molecule has 1 unspecified atom stereocenters. The van der Waals surface area contributed by atoms with Gasteiger partial charge in [-0.3, -0.25) is 0 Å². The predicted molar refractivity (Wildman–Crippen MR) is 57.0 cm³/mol. The van der Waals surface area contributed by atoms with Gasteiger partial charge in [-0.2, -0.15) is 0 Å². The Labute approximate surface area is 79.2 Å². The van der Waals surface area contributed by atoms with E-state index in [1.165, 1.54) is 5.56 Å². The van der Waals surface area contributed by atoms with Crippen molar-refractivity contribution in [2.75, 3.05) is 0 Å². The topological polar surface area (TPSA) is 0 Å². The lowest BCUT2D eigenvalue weighted by atomic mass is 10.1. The van der Waals surface area contributed by atoms with Gasteiger partial charge in [-0.05, 0) is 33.8 Å². The van der Waals surface area contributed by atoms with Crippen LogP contribution in [0, 0.1) is 5.41 Å². The summed E-state index contributed by atoms with van der Waals surface area (Å²) in [6.45, 7) is 0. The van der Waals surface area contributed by atoms with Crippen LogP contribution in [0.2, 0.25) is 0 Å². The minimum absolute atomic E-state index is 0.188. The van der Waals surface area contributed by atoms with Crippen LogP contribution in [0.1, 0.15) is 5.56 Å². The van der Waals surface area contributed by atoms with Crippen molar-refractivity contribution in [3.8, 4) is 0 Å². The van der Waals surface area contributed by atoms with Crippen molar-refractivity contribution < 1.29 is 0 Å². The van der Waals surface area contributed by atoms with Crippen molar-refractivity contribution >= 4 is 26.2 Å². The highest BCUT2D eigenvalue weighted by Crippen LogP contribution is 2.20. The number of hydrogen-bond acceptors (Lipinski definition) is 1. The molecule has 0 saturated carbocycles. The second-order valence-corrected chi connectivity index (χ2v) is 4.63. The molecule has 1 aliphatic rings. The average Bonchev–Trinajstić information content (AvgIpc) is 2.54. The van der Waals surface area contributed by atoms with Crippen LogP contribution in [0.4, 0.5) is 0 Å². The van der Waals surface area contributed by atoms with Gasteiger partial charge in [0.05, 0.1) is 0 Å². The maximum atomic E-state index is 5.09. The predicted octanol–water partition coefficient (Wildman–Crippen LogP) is 2.44. The van der Waals surface area contributed by atoms with E-state index in [0.717, 1.165) is 5.57 Å². The van der Waals surface area contributed by atoms with Gasteiger partial charge < -0.3 is 0 Å². The molecule has 0 amide bonds. The molecule has 1 aromatic carbocycles. The summed E-state index contributed by atoms with van der Waals surface area (Å²) >= 11 is 5.09. The molecule has 1 heterocycles. The first kappa shape index (κ1) is 7.90. The van der Waals surface area contributed by atoms with E-state index in [1.54, 1.807) is 0 Å². The lowest BCUT2D eigenvalue weighted by Crippen LogP contribution is -1.76. The summed E-state index contributed by atoms with van der Waals surface area (Å²) < 4.78 is 0.